The first-order valence-electron chi connectivity index (χ1n) is 8.33. The molecule has 0 saturated carbocycles. The lowest BCUT2D eigenvalue weighted by molar-refractivity contribution is -0.135. The fourth-order valence-electron chi connectivity index (χ4n) is 2.72. The average molecular weight is 393 g/mol. The highest BCUT2D eigenvalue weighted by molar-refractivity contribution is 8.19. The summed E-state index contributed by atoms with van der Waals surface area (Å²) in [5.74, 6) is 0.801. The van der Waals surface area contributed by atoms with E-state index in [0.29, 0.717) is 37.8 Å². The lowest BCUT2D eigenvalue weighted by Gasteiger charge is -2.27. The molecule has 1 aromatic carbocycles. The predicted octanol–water partition coefficient (Wildman–Crippen LogP) is 2.78. The Morgan fingerprint density at radius 2 is 2.00 bits per heavy atom. The van der Waals surface area contributed by atoms with Gasteiger partial charge in [0.05, 0.1) is 25.2 Å². The van der Waals surface area contributed by atoms with Gasteiger partial charge in [-0.25, -0.2) is 0 Å². The van der Waals surface area contributed by atoms with Gasteiger partial charge in [-0.05, 0) is 35.5 Å². The summed E-state index contributed by atoms with van der Waals surface area (Å²) in [4.78, 5) is 29.0. The first-order valence-corrected chi connectivity index (χ1v) is 9.56. The van der Waals surface area contributed by atoms with Crippen molar-refractivity contribution in [3.8, 4) is 5.75 Å². The number of thioether (sulfide) groups is 1. The Labute approximate surface area is 162 Å². The Hall–Kier alpha value is -1.90. The third kappa shape index (κ3) is 4.44. The summed E-state index contributed by atoms with van der Waals surface area (Å²) < 4.78 is 10.4. The Bertz CT molecular complexity index is 727. The minimum absolute atomic E-state index is 0.0292. The second-order valence-electron chi connectivity index (χ2n) is 5.85. The van der Waals surface area contributed by atoms with Crippen molar-refractivity contribution < 1.29 is 19.1 Å². The van der Waals surface area contributed by atoms with E-state index in [1.807, 2.05) is 30.3 Å². The molecule has 26 heavy (non-hydrogen) atoms. The number of morpholine rings is 1. The number of hydrogen-bond donors (Lipinski definition) is 0. The quantitative estimate of drug-likeness (QED) is 0.567. The molecule has 2 fully saturated rings. The number of rotatable bonds is 5. The summed E-state index contributed by atoms with van der Waals surface area (Å²) in [5.41, 5.74) is 0.940. The summed E-state index contributed by atoms with van der Waals surface area (Å²) in [6, 6.07) is 7.53. The van der Waals surface area contributed by atoms with Crippen molar-refractivity contribution >= 4 is 46.2 Å². The van der Waals surface area contributed by atoms with E-state index in [0.717, 1.165) is 28.0 Å². The first kappa shape index (κ1) is 18.9. The third-order valence-electron chi connectivity index (χ3n) is 4.20. The molecule has 0 radical (unpaired) electrons. The van der Waals surface area contributed by atoms with Gasteiger partial charge >= 0.3 is 0 Å². The highest BCUT2D eigenvalue weighted by Gasteiger charge is 2.32. The van der Waals surface area contributed by atoms with Gasteiger partial charge in [0.1, 0.15) is 10.7 Å². The molecule has 2 saturated heterocycles. The van der Waals surface area contributed by atoms with Gasteiger partial charge in [-0.1, -0.05) is 24.4 Å². The Kier molecular flexibility index (Phi) is 6.29. The number of carbonyl (C=O) groups excluding carboxylic acids is 2. The largest absolute Gasteiger partial charge is 0.497 e. The molecule has 8 heteroatoms. The topological polar surface area (TPSA) is 59.1 Å². The molecule has 0 unspecified atom stereocenters. The lowest BCUT2D eigenvalue weighted by atomic mass is 10.2. The van der Waals surface area contributed by atoms with E-state index in [2.05, 4.69) is 0 Å². The van der Waals surface area contributed by atoms with Crippen molar-refractivity contribution in [3.05, 3.63) is 34.7 Å². The number of hydrogen-bond acceptors (Lipinski definition) is 6. The molecule has 2 aliphatic rings. The Morgan fingerprint density at radius 3 is 2.65 bits per heavy atom. The van der Waals surface area contributed by atoms with Crippen molar-refractivity contribution in [1.82, 2.24) is 9.80 Å². The molecule has 0 spiro atoms. The number of carbonyl (C=O) groups is 2. The van der Waals surface area contributed by atoms with E-state index in [9.17, 15) is 9.59 Å². The molecular formula is C18H20N2O4S2. The van der Waals surface area contributed by atoms with Crippen LogP contribution in [0, 0.1) is 0 Å². The highest BCUT2D eigenvalue weighted by atomic mass is 32.2. The number of thiocarbonyl (C=S) groups is 1. The highest BCUT2D eigenvalue weighted by Crippen LogP contribution is 2.33. The summed E-state index contributed by atoms with van der Waals surface area (Å²) in [6.07, 6.45) is 2.15. The minimum Gasteiger partial charge on any atom is -0.497 e. The molecule has 0 aromatic heterocycles. The van der Waals surface area contributed by atoms with Crippen molar-refractivity contribution in [2.75, 3.05) is 40.0 Å². The predicted molar refractivity (Wildman–Crippen MR) is 105 cm³/mol. The molecule has 138 valence electrons. The van der Waals surface area contributed by atoms with E-state index < -0.39 is 0 Å². The van der Waals surface area contributed by atoms with Crippen molar-refractivity contribution in [1.29, 1.82) is 0 Å². The monoisotopic (exact) mass is 392 g/mol. The fraction of sp³-hybridized carbons (Fsp3) is 0.389. The SMILES string of the molecule is COc1ccc(C=C2SC(=O)N(CCC(=O)N3CCOCC3)C2=S)cc1. The molecule has 2 amide bonds. The first-order chi connectivity index (χ1) is 12.6. The molecule has 2 heterocycles. The number of methoxy groups -OCH3 is 1. The molecule has 6 nitrogen and oxygen atoms in total. The summed E-state index contributed by atoms with van der Waals surface area (Å²) >= 11 is 6.55. The van der Waals surface area contributed by atoms with Gasteiger partial charge in [0.2, 0.25) is 5.91 Å². The van der Waals surface area contributed by atoms with Crippen LogP contribution in [0.2, 0.25) is 0 Å². The van der Waals surface area contributed by atoms with Gasteiger partial charge in [0.25, 0.3) is 5.24 Å². The summed E-state index contributed by atoms with van der Waals surface area (Å²) in [5, 5.41) is -0.135. The van der Waals surface area contributed by atoms with Crippen LogP contribution >= 0.6 is 24.0 Å². The van der Waals surface area contributed by atoms with Gasteiger partial charge in [-0.2, -0.15) is 0 Å². The van der Waals surface area contributed by atoms with Crippen LogP contribution < -0.4 is 4.74 Å². The van der Waals surface area contributed by atoms with Gasteiger partial charge < -0.3 is 14.4 Å². The van der Waals surface area contributed by atoms with E-state index in [4.69, 9.17) is 21.7 Å². The van der Waals surface area contributed by atoms with Crippen LogP contribution in [0.5, 0.6) is 5.75 Å². The summed E-state index contributed by atoms with van der Waals surface area (Å²) in [6.45, 7) is 2.65. The van der Waals surface area contributed by atoms with Crippen molar-refractivity contribution in [3.63, 3.8) is 0 Å². The minimum atomic E-state index is -0.135. The normalized spacial score (nSPS) is 19.3. The van der Waals surface area contributed by atoms with Crippen LogP contribution in [-0.4, -0.2) is 65.9 Å². The van der Waals surface area contributed by atoms with E-state index >= 15 is 0 Å². The van der Waals surface area contributed by atoms with E-state index in [1.165, 1.54) is 4.90 Å². The van der Waals surface area contributed by atoms with Crippen LogP contribution in [0.1, 0.15) is 12.0 Å². The zero-order chi connectivity index (χ0) is 18.5. The zero-order valence-corrected chi connectivity index (χ0v) is 16.1. The maximum Gasteiger partial charge on any atom is 0.291 e. The van der Waals surface area contributed by atoms with Crippen molar-refractivity contribution in [2.24, 2.45) is 0 Å². The second-order valence-corrected chi connectivity index (χ2v) is 7.23. The van der Waals surface area contributed by atoms with Crippen LogP contribution in [0.4, 0.5) is 4.79 Å². The standard InChI is InChI=1S/C18H20N2O4S2/c1-23-14-4-2-13(3-5-14)12-15-17(25)20(18(22)26-15)7-6-16(21)19-8-10-24-11-9-19/h2-5,12H,6-11H2,1H3. The van der Waals surface area contributed by atoms with Gasteiger partial charge in [-0.3, -0.25) is 14.5 Å². The molecule has 0 aliphatic carbocycles. The number of ether oxygens (including phenoxy) is 2. The van der Waals surface area contributed by atoms with E-state index in [1.54, 1.807) is 12.0 Å². The molecule has 0 bridgehead atoms. The third-order valence-corrected chi connectivity index (χ3v) is 5.70. The Balaban J connectivity index is 1.60. The average Bonchev–Trinajstić information content (AvgIpc) is 2.94. The zero-order valence-electron chi connectivity index (χ0n) is 14.5. The second kappa shape index (κ2) is 8.66. The molecular weight excluding hydrogens is 372 g/mol. The van der Waals surface area contributed by atoms with Crippen LogP contribution in [0.15, 0.2) is 29.2 Å². The Morgan fingerprint density at radius 1 is 1.31 bits per heavy atom. The van der Waals surface area contributed by atoms with Gasteiger partial charge in [-0.15, -0.1) is 0 Å². The van der Waals surface area contributed by atoms with Crippen LogP contribution in [0.25, 0.3) is 6.08 Å². The van der Waals surface area contributed by atoms with Crippen LogP contribution in [0.3, 0.4) is 0 Å². The maximum atomic E-state index is 12.3. The molecule has 1 aromatic rings. The lowest BCUT2D eigenvalue weighted by Crippen LogP contribution is -2.42. The number of amides is 2. The number of nitrogens with zero attached hydrogens (tertiary/aromatic N) is 2. The van der Waals surface area contributed by atoms with Gasteiger partial charge in [0.15, 0.2) is 0 Å². The van der Waals surface area contributed by atoms with Gasteiger partial charge in [0, 0.05) is 26.1 Å². The number of benzene rings is 1. The molecule has 0 atom stereocenters. The van der Waals surface area contributed by atoms with E-state index in [-0.39, 0.29) is 17.6 Å². The van der Waals surface area contributed by atoms with Crippen LogP contribution in [-0.2, 0) is 9.53 Å². The fourth-order valence-corrected chi connectivity index (χ4v) is 4.01. The maximum absolute atomic E-state index is 12.3. The molecule has 0 N–H and O–H groups in total. The molecule has 2 aliphatic heterocycles. The van der Waals surface area contributed by atoms with Crippen molar-refractivity contribution in [2.45, 2.75) is 6.42 Å². The smallest absolute Gasteiger partial charge is 0.291 e. The molecule has 3 rings (SSSR count). The summed E-state index contributed by atoms with van der Waals surface area (Å²) in [7, 11) is 1.62.